The minimum absolute atomic E-state index is 0.166. The van der Waals surface area contributed by atoms with E-state index in [1.54, 1.807) is 30.3 Å². The first-order chi connectivity index (χ1) is 13.1. The molecule has 2 aromatic rings. The van der Waals surface area contributed by atoms with Gasteiger partial charge < -0.3 is 15.2 Å². The van der Waals surface area contributed by atoms with Gasteiger partial charge in [0.2, 0.25) is 0 Å². The normalized spacial score (nSPS) is 12.1. The molecule has 1 amide bonds. The zero-order valence-corrected chi connectivity index (χ0v) is 16.0. The fourth-order valence-electron chi connectivity index (χ4n) is 2.58. The Balaban J connectivity index is 2.26. The smallest absolute Gasteiger partial charge is 0.328 e. The van der Waals surface area contributed by atoms with Crippen LogP contribution in [-0.4, -0.2) is 50.8 Å². The number of hydrogen-bond donors (Lipinski definition) is 2. The van der Waals surface area contributed by atoms with Crippen molar-refractivity contribution in [1.82, 2.24) is 5.32 Å². The molecule has 0 bridgehead atoms. The Bertz CT molecular complexity index is 997. The van der Waals surface area contributed by atoms with Crippen LogP contribution < -0.4 is 5.32 Å². The molecule has 148 valence electrons. The molecule has 0 aliphatic rings. The summed E-state index contributed by atoms with van der Waals surface area (Å²) in [6, 6.07) is 11.2. The van der Waals surface area contributed by atoms with E-state index in [2.05, 4.69) is 10.1 Å². The van der Waals surface area contributed by atoms with Crippen molar-refractivity contribution in [3.05, 3.63) is 54.1 Å². The maximum atomic E-state index is 12.3. The van der Waals surface area contributed by atoms with Gasteiger partial charge in [-0.2, -0.15) is 0 Å². The second-order valence-electron chi connectivity index (χ2n) is 5.99. The van der Waals surface area contributed by atoms with E-state index >= 15 is 0 Å². The van der Waals surface area contributed by atoms with Crippen molar-refractivity contribution in [2.75, 3.05) is 13.4 Å². The highest BCUT2D eigenvalue weighted by atomic mass is 32.2. The number of aliphatic carboxylic acids is 1. The minimum Gasteiger partial charge on any atom is -0.481 e. The molecule has 0 aliphatic heterocycles. The van der Waals surface area contributed by atoms with Crippen LogP contribution in [-0.2, 0) is 24.2 Å². The van der Waals surface area contributed by atoms with Gasteiger partial charge in [0.1, 0.15) is 6.04 Å². The first-order valence-electron chi connectivity index (χ1n) is 8.13. The minimum atomic E-state index is -3.43. The predicted molar refractivity (Wildman–Crippen MR) is 101 cm³/mol. The SMILES string of the molecule is COC(=O)C(CC(=O)O)NC(=O)c1ccc(-c2ccccc2S(C)(=O)=O)cc1. The summed E-state index contributed by atoms with van der Waals surface area (Å²) in [4.78, 5) is 35.0. The third-order valence-corrected chi connectivity index (χ3v) is 5.07. The standard InChI is InChI=1S/C19H19NO7S/c1-27-19(24)15(11-17(21)22)20-18(23)13-9-7-12(8-10-13)14-5-3-4-6-16(14)28(2,25)26/h3-10,15H,11H2,1-2H3,(H,20,23)(H,21,22). The number of carbonyl (C=O) groups excluding carboxylic acids is 2. The van der Waals surface area contributed by atoms with Gasteiger partial charge in [0.05, 0.1) is 18.4 Å². The Morgan fingerprint density at radius 2 is 1.68 bits per heavy atom. The zero-order valence-electron chi connectivity index (χ0n) is 15.2. The van der Waals surface area contributed by atoms with Gasteiger partial charge in [0, 0.05) is 17.4 Å². The number of hydrogen-bond acceptors (Lipinski definition) is 6. The lowest BCUT2D eigenvalue weighted by Gasteiger charge is -2.15. The summed E-state index contributed by atoms with van der Waals surface area (Å²) in [5.74, 6) is -2.78. The molecule has 0 aromatic heterocycles. The Hall–Kier alpha value is -3.20. The molecule has 28 heavy (non-hydrogen) atoms. The van der Waals surface area contributed by atoms with E-state index in [1.165, 1.54) is 18.2 Å². The van der Waals surface area contributed by atoms with Crippen LogP contribution in [0, 0.1) is 0 Å². The van der Waals surface area contributed by atoms with Gasteiger partial charge >= 0.3 is 11.9 Å². The lowest BCUT2D eigenvalue weighted by atomic mass is 10.0. The van der Waals surface area contributed by atoms with E-state index in [0.717, 1.165) is 13.4 Å². The highest BCUT2D eigenvalue weighted by Crippen LogP contribution is 2.27. The van der Waals surface area contributed by atoms with Gasteiger partial charge in [-0.25, -0.2) is 13.2 Å². The van der Waals surface area contributed by atoms with Crippen molar-refractivity contribution in [3.8, 4) is 11.1 Å². The number of esters is 1. The molecule has 9 heteroatoms. The number of carboxylic acids is 1. The van der Waals surface area contributed by atoms with E-state index < -0.39 is 40.1 Å². The summed E-state index contributed by atoms with van der Waals surface area (Å²) in [5, 5.41) is 11.2. The van der Waals surface area contributed by atoms with Crippen molar-refractivity contribution in [2.45, 2.75) is 17.4 Å². The maximum absolute atomic E-state index is 12.3. The molecule has 8 nitrogen and oxygen atoms in total. The summed E-state index contributed by atoms with van der Waals surface area (Å²) in [6.45, 7) is 0. The van der Waals surface area contributed by atoms with Crippen molar-refractivity contribution in [1.29, 1.82) is 0 Å². The molecule has 0 aliphatic carbocycles. The molecule has 0 saturated carbocycles. The Labute approximate surface area is 162 Å². The second kappa shape index (κ2) is 8.66. The second-order valence-corrected chi connectivity index (χ2v) is 7.98. The Morgan fingerprint density at radius 1 is 1.07 bits per heavy atom. The van der Waals surface area contributed by atoms with Gasteiger partial charge in [-0.1, -0.05) is 30.3 Å². The largest absolute Gasteiger partial charge is 0.481 e. The molecular weight excluding hydrogens is 386 g/mol. The Kier molecular flexibility index (Phi) is 6.53. The number of sulfone groups is 1. The lowest BCUT2D eigenvalue weighted by Crippen LogP contribution is -2.42. The maximum Gasteiger partial charge on any atom is 0.328 e. The number of methoxy groups -OCH3 is 1. The number of rotatable bonds is 7. The molecule has 1 atom stereocenters. The highest BCUT2D eigenvalue weighted by molar-refractivity contribution is 7.90. The van der Waals surface area contributed by atoms with Crippen LogP contribution in [0.5, 0.6) is 0 Å². The van der Waals surface area contributed by atoms with Crippen molar-refractivity contribution >= 4 is 27.7 Å². The number of amides is 1. The van der Waals surface area contributed by atoms with E-state index in [0.29, 0.717) is 11.1 Å². The quantitative estimate of drug-likeness (QED) is 0.668. The fourth-order valence-corrected chi connectivity index (χ4v) is 3.49. The third kappa shape index (κ3) is 5.17. The van der Waals surface area contributed by atoms with Gasteiger partial charge in [0.25, 0.3) is 5.91 Å². The average molecular weight is 405 g/mol. The number of benzene rings is 2. The summed E-state index contributed by atoms with van der Waals surface area (Å²) < 4.78 is 28.4. The molecule has 0 fully saturated rings. The molecule has 2 rings (SSSR count). The zero-order chi connectivity index (χ0) is 20.9. The molecule has 0 heterocycles. The van der Waals surface area contributed by atoms with Crippen molar-refractivity contribution in [2.24, 2.45) is 0 Å². The van der Waals surface area contributed by atoms with Gasteiger partial charge in [-0.15, -0.1) is 0 Å². The monoisotopic (exact) mass is 405 g/mol. The molecule has 2 N–H and O–H groups in total. The number of carboxylic acid groups (broad SMARTS) is 1. The van der Waals surface area contributed by atoms with Crippen LogP contribution in [0.3, 0.4) is 0 Å². The van der Waals surface area contributed by atoms with Crippen LogP contribution in [0.15, 0.2) is 53.4 Å². The predicted octanol–water partition coefficient (Wildman–Crippen LogP) is 1.50. The van der Waals surface area contributed by atoms with Crippen LogP contribution in [0.2, 0.25) is 0 Å². The first kappa shape index (κ1) is 21.1. The fraction of sp³-hybridized carbons (Fsp3) is 0.211. The third-order valence-electron chi connectivity index (χ3n) is 3.91. The Morgan fingerprint density at radius 3 is 2.21 bits per heavy atom. The number of ether oxygens (including phenoxy) is 1. The summed E-state index contributed by atoms with van der Waals surface area (Å²) in [6.07, 6.45) is 0.501. The summed E-state index contributed by atoms with van der Waals surface area (Å²) in [5.41, 5.74) is 1.27. The molecular formula is C19H19NO7S. The molecule has 2 aromatic carbocycles. The molecule has 0 spiro atoms. The molecule has 1 unspecified atom stereocenters. The van der Waals surface area contributed by atoms with Gasteiger partial charge in [0.15, 0.2) is 9.84 Å². The van der Waals surface area contributed by atoms with E-state index in [9.17, 15) is 22.8 Å². The topological polar surface area (TPSA) is 127 Å². The van der Waals surface area contributed by atoms with Gasteiger partial charge in [-0.3, -0.25) is 9.59 Å². The number of nitrogens with one attached hydrogen (secondary N) is 1. The summed E-state index contributed by atoms with van der Waals surface area (Å²) >= 11 is 0. The van der Waals surface area contributed by atoms with Crippen molar-refractivity contribution < 1.29 is 32.6 Å². The van der Waals surface area contributed by atoms with E-state index in [1.807, 2.05) is 0 Å². The van der Waals surface area contributed by atoms with Crippen LogP contribution in [0.1, 0.15) is 16.8 Å². The average Bonchev–Trinajstić information content (AvgIpc) is 2.66. The molecule has 0 saturated heterocycles. The van der Waals surface area contributed by atoms with E-state index in [4.69, 9.17) is 5.11 Å². The first-order valence-corrected chi connectivity index (χ1v) is 10.0. The molecule has 0 radical (unpaired) electrons. The number of carbonyl (C=O) groups is 3. The van der Waals surface area contributed by atoms with Crippen LogP contribution >= 0.6 is 0 Å². The van der Waals surface area contributed by atoms with Crippen LogP contribution in [0.4, 0.5) is 0 Å². The van der Waals surface area contributed by atoms with E-state index in [-0.39, 0.29) is 10.5 Å². The summed E-state index contributed by atoms with van der Waals surface area (Å²) in [7, 11) is -2.34. The lowest BCUT2D eigenvalue weighted by molar-refractivity contribution is -0.147. The highest BCUT2D eigenvalue weighted by Gasteiger charge is 2.25. The van der Waals surface area contributed by atoms with Crippen LogP contribution in [0.25, 0.3) is 11.1 Å². The van der Waals surface area contributed by atoms with Gasteiger partial charge in [-0.05, 0) is 23.8 Å². The van der Waals surface area contributed by atoms with Crippen molar-refractivity contribution in [3.63, 3.8) is 0 Å².